The van der Waals surface area contributed by atoms with Gasteiger partial charge in [-0.3, -0.25) is 19.0 Å². The van der Waals surface area contributed by atoms with Gasteiger partial charge < -0.3 is 15.1 Å². The summed E-state index contributed by atoms with van der Waals surface area (Å²) in [5.74, 6) is -0.0850. The zero-order chi connectivity index (χ0) is 33.5. The maximum Gasteiger partial charge on any atom is 0.416 e. The van der Waals surface area contributed by atoms with Crippen molar-refractivity contribution in [2.45, 2.75) is 76.8 Å². The molecule has 1 N–H and O–H groups in total. The Morgan fingerprint density at radius 2 is 1.70 bits per heavy atom. The molecule has 5 rings (SSSR count). The molecule has 1 aliphatic carbocycles. The molecule has 2 heterocycles. The first kappa shape index (κ1) is 33.8. The molecule has 8 nitrogen and oxygen atoms in total. The monoisotopic (exact) mass is 677 g/mol. The van der Waals surface area contributed by atoms with Crippen LogP contribution < -0.4 is 15.8 Å². The number of hydrogen-bond donors (Lipinski definition) is 1. The zero-order valence-electron chi connectivity index (χ0n) is 26.0. The van der Waals surface area contributed by atoms with Crippen molar-refractivity contribution in [1.29, 1.82) is 0 Å². The Hall–Kier alpha value is -3.57. The van der Waals surface area contributed by atoms with Crippen LogP contribution in [-0.4, -0.2) is 46.4 Å². The van der Waals surface area contributed by atoms with Crippen molar-refractivity contribution in [3.05, 3.63) is 90.8 Å². The predicted octanol–water partition coefficient (Wildman–Crippen LogP) is 6.83. The highest BCUT2D eigenvalue weighted by Crippen LogP contribution is 2.37. The summed E-state index contributed by atoms with van der Waals surface area (Å²) in [6, 6.07) is 8.64. The van der Waals surface area contributed by atoms with E-state index >= 15 is 0 Å². The minimum absolute atomic E-state index is 0.0248. The van der Waals surface area contributed by atoms with Crippen molar-refractivity contribution in [2.75, 3.05) is 19.0 Å². The zero-order valence-corrected chi connectivity index (χ0v) is 27.5. The van der Waals surface area contributed by atoms with E-state index in [1.807, 2.05) is 13.8 Å². The van der Waals surface area contributed by atoms with Gasteiger partial charge >= 0.3 is 6.18 Å². The molecule has 1 aromatic heterocycles. The van der Waals surface area contributed by atoms with Crippen LogP contribution in [0.25, 0.3) is 0 Å². The predicted molar refractivity (Wildman–Crippen MR) is 171 cm³/mol. The number of rotatable bonds is 6. The summed E-state index contributed by atoms with van der Waals surface area (Å²) in [7, 11) is 3.37. The van der Waals surface area contributed by atoms with Crippen molar-refractivity contribution in [3.8, 4) is 0 Å². The van der Waals surface area contributed by atoms with Crippen molar-refractivity contribution >= 4 is 41.0 Å². The lowest BCUT2D eigenvalue weighted by Crippen LogP contribution is -2.47. The summed E-state index contributed by atoms with van der Waals surface area (Å²) in [5.41, 5.74) is 1.01. The number of benzene rings is 2. The highest BCUT2D eigenvalue weighted by atomic mass is 35.5. The molecule has 2 amide bonds. The minimum Gasteiger partial charge on any atom is -0.359 e. The molecule has 0 unspecified atom stereocenters. The molecule has 0 spiro atoms. The number of alkyl halides is 3. The van der Waals surface area contributed by atoms with Gasteiger partial charge in [0, 0.05) is 43.2 Å². The molecule has 1 fully saturated rings. The van der Waals surface area contributed by atoms with E-state index in [0.29, 0.717) is 65.5 Å². The van der Waals surface area contributed by atoms with Crippen LogP contribution in [0.3, 0.4) is 0 Å². The molecule has 3 aromatic rings. The van der Waals surface area contributed by atoms with E-state index < -0.39 is 17.8 Å². The first-order valence-electron chi connectivity index (χ1n) is 15.2. The minimum atomic E-state index is -4.46. The first-order chi connectivity index (χ1) is 21.7. The second-order valence-corrected chi connectivity index (χ2v) is 13.0. The summed E-state index contributed by atoms with van der Waals surface area (Å²) in [5, 5.41) is 3.29. The van der Waals surface area contributed by atoms with Gasteiger partial charge in [-0.1, -0.05) is 35.3 Å². The van der Waals surface area contributed by atoms with E-state index in [0.717, 1.165) is 12.1 Å². The largest absolute Gasteiger partial charge is 0.416 e. The third kappa shape index (κ3) is 6.62. The Bertz CT molecular complexity index is 1690. The molecule has 0 saturated heterocycles. The quantitative estimate of drug-likeness (QED) is 0.309. The van der Waals surface area contributed by atoms with Gasteiger partial charge in [0.25, 0.3) is 11.5 Å². The fourth-order valence-corrected chi connectivity index (χ4v) is 6.75. The molecule has 2 aromatic carbocycles. The highest BCUT2D eigenvalue weighted by molar-refractivity contribution is 6.42. The number of halogens is 5. The van der Waals surface area contributed by atoms with Crippen LogP contribution in [0.15, 0.2) is 47.3 Å². The first-order valence-corrected chi connectivity index (χ1v) is 16.0. The Morgan fingerprint density at radius 1 is 1.04 bits per heavy atom. The van der Waals surface area contributed by atoms with Gasteiger partial charge in [-0.15, -0.1) is 0 Å². The van der Waals surface area contributed by atoms with Gasteiger partial charge in [-0.25, -0.2) is 4.98 Å². The third-order valence-electron chi connectivity index (χ3n) is 9.35. The molecule has 1 aliphatic heterocycles. The van der Waals surface area contributed by atoms with E-state index in [9.17, 15) is 27.6 Å². The number of carbonyl (C=O) groups is 2. The fraction of sp³-hybridized carbons (Fsp3) is 0.455. The summed E-state index contributed by atoms with van der Waals surface area (Å²) in [4.78, 5) is 48.7. The Morgan fingerprint density at radius 3 is 2.28 bits per heavy atom. The van der Waals surface area contributed by atoms with Crippen molar-refractivity contribution in [3.63, 3.8) is 0 Å². The smallest absolute Gasteiger partial charge is 0.359 e. The van der Waals surface area contributed by atoms with Gasteiger partial charge in [-0.2, -0.15) is 13.2 Å². The topological polar surface area (TPSA) is 87.5 Å². The average molecular weight is 679 g/mol. The lowest BCUT2D eigenvalue weighted by Gasteiger charge is -2.38. The number of hydrogen-bond acceptors (Lipinski definition) is 5. The Labute approximate surface area is 275 Å². The second-order valence-electron chi connectivity index (χ2n) is 12.2. The molecule has 13 heteroatoms. The average Bonchev–Trinajstić information content (AvgIpc) is 3.04. The lowest BCUT2D eigenvalue weighted by molar-refractivity contribution is -0.137. The maximum absolute atomic E-state index is 14.4. The molecule has 2 aliphatic rings. The van der Waals surface area contributed by atoms with Crippen LogP contribution in [0.1, 0.15) is 84.4 Å². The molecule has 2 atom stereocenters. The SMILES string of the molecule is CNC(=O)[C@H]1CC[C@@H](n2c(N(C)[C@@H](C)c3ccc(C(F)(F)F)cc3)nc3c(c2=O)C[C@@H](C)N(C(=O)c2ccc(Cl)c(Cl)c2)C3)CC1. The van der Waals surface area contributed by atoms with Crippen molar-refractivity contribution in [2.24, 2.45) is 5.92 Å². The number of nitrogens with one attached hydrogen (secondary N) is 1. The molecule has 246 valence electrons. The third-order valence-corrected chi connectivity index (χ3v) is 10.1. The summed E-state index contributed by atoms with van der Waals surface area (Å²) >= 11 is 12.2. The molecular weight excluding hydrogens is 642 g/mol. The normalized spacial score (nSPS) is 20.5. The van der Waals surface area contributed by atoms with E-state index in [1.165, 1.54) is 18.2 Å². The number of anilines is 1. The highest BCUT2D eigenvalue weighted by Gasteiger charge is 2.36. The van der Waals surface area contributed by atoms with Crippen LogP contribution in [0.4, 0.5) is 19.1 Å². The van der Waals surface area contributed by atoms with Crippen LogP contribution in [0.5, 0.6) is 0 Å². The van der Waals surface area contributed by atoms with Crippen LogP contribution in [0.2, 0.25) is 10.0 Å². The lowest BCUT2D eigenvalue weighted by atomic mass is 9.85. The maximum atomic E-state index is 14.4. The van der Waals surface area contributed by atoms with Gasteiger partial charge in [0.2, 0.25) is 11.9 Å². The van der Waals surface area contributed by atoms with Crippen LogP contribution >= 0.6 is 23.2 Å². The number of carbonyl (C=O) groups excluding carboxylic acids is 2. The Kier molecular flexibility index (Phi) is 9.75. The fourth-order valence-electron chi connectivity index (χ4n) is 6.45. The van der Waals surface area contributed by atoms with Crippen LogP contribution in [-0.2, 0) is 23.9 Å². The van der Waals surface area contributed by atoms with E-state index in [-0.39, 0.29) is 46.9 Å². The number of aromatic nitrogens is 2. The van der Waals surface area contributed by atoms with Gasteiger partial charge in [-0.05, 0) is 81.8 Å². The summed E-state index contributed by atoms with van der Waals surface area (Å²) in [6.07, 6.45) is -1.78. The van der Waals surface area contributed by atoms with Gasteiger partial charge in [0.15, 0.2) is 0 Å². The Balaban J connectivity index is 1.54. The number of fused-ring (bicyclic) bond motifs is 1. The molecule has 46 heavy (non-hydrogen) atoms. The van der Waals surface area contributed by atoms with E-state index in [1.54, 1.807) is 40.6 Å². The number of amides is 2. The van der Waals surface area contributed by atoms with Crippen molar-refractivity contribution in [1.82, 2.24) is 19.8 Å². The molecule has 0 bridgehead atoms. The van der Waals surface area contributed by atoms with Gasteiger partial charge in [0.05, 0.1) is 33.9 Å². The molecular formula is C33H36Cl2F3N5O3. The molecule has 1 saturated carbocycles. The van der Waals surface area contributed by atoms with Gasteiger partial charge in [0.1, 0.15) is 0 Å². The number of nitrogens with zero attached hydrogens (tertiary/aromatic N) is 4. The molecule has 0 radical (unpaired) electrons. The van der Waals surface area contributed by atoms with E-state index in [2.05, 4.69) is 5.32 Å². The summed E-state index contributed by atoms with van der Waals surface area (Å²) < 4.78 is 41.4. The summed E-state index contributed by atoms with van der Waals surface area (Å²) in [6.45, 7) is 3.80. The van der Waals surface area contributed by atoms with Crippen molar-refractivity contribution < 1.29 is 22.8 Å². The standard InChI is InChI=1S/C33H36Cl2F3N5O3/c1-18-15-25-28(17-42(18)30(45)22-9-14-26(34)27(35)16-22)40-32(41(4)19(2)20-5-10-23(11-6-20)33(36,37)38)43(31(25)46)24-12-7-21(8-13-24)29(44)39-3/h5-6,9-11,14,16,18-19,21,24H,7-8,12-13,15,17H2,1-4H3,(H,39,44)/t18-,19+,21-,24+/m1/s1. The second kappa shape index (κ2) is 13.3. The van der Waals surface area contributed by atoms with Crippen LogP contribution in [0, 0.1) is 5.92 Å². The van der Waals surface area contributed by atoms with E-state index in [4.69, 9.17) is 28.2 Å².